The lowest BCUT2D eigenvalue weighted by Gasteiger charge is -2.28. The number of amides is 1. The summed E-state index contributed by atoms with van der Waals surface area (Å²) >= 11 is 0. The molecule has 9 nitrogen and oxygen atoms in total. The van der Waals surface area contributed by atoms with Crippen LogP contribution in [0.2, 0.25) is 0 Å². The quantitative estimate of drug-likeness (QED) is 0.119. The Labute approximate surface area is 180 Å². The average molecular weight is 427 g/mol. The first-order valence-electron chi connectivity index (χ1n) is 9.95. The third-order valence-corrected chi connectivity index (χ3v) is 3.91. The van der Waals surface area contributed by atoms with Gasteiger partial charge in [0.2, 0.25) is 5.91 Å². The smallest absolute Gasteiger partial charge is 0.219 e. The molecule has 172 valence electrons. The van der Waals surface area contributed by atoms with Gasteiger partial charge in [-0.2, -0.15) is 10.4 Å². The first kappa shape index (κ1) is 29.7. The van der Waals surface area contributed by atoms with Gasteiger partial charge in [-0.05, 0) is 38.3 Å². The first-order chi connectivity index (χ1) is 14.5. The summed E-state index contributed by atoms with van der Waals surface area (Å²) in [6, 6.07) is -0.642. The molecule has 0 bridgehead atoms. The highest BCUT2D eigenvalue weighted by Crippen LogP contribution is 2.13. The van der Waals surface area contributed by atoms with Gasteiger partial charge in [-0.15, -0.1) is 0 Å². The van der Waals surface area contributed by atoms with Crippen LogP contribution in [0.5, 0.6) is 0 Å². The van der Waals surface area contributed by atoms with Crippen molar-refractivity contribution in [2.45, 2.75) is 51.5 Å². The molecular formula is C21H38N4O5. The average Bonchev–Trinajstić information content (AvgIpc) is 2.76. The van der Waals surface area contributed by atoms with Gasteiger partial charge in [0.15, 0.2) is 0 Å². The highest BCUT2D eigenvalue weighted by molar-refractivity contribution is 5.76. The molecule has 4 N–H and O–H groups in total. The maximum atomic E-state index is 11.4. The maximum Gasteiger partial charge on any atom is 0.219 e. The fraction of sp³-hybridized carbons (Fsp3) is 0.571. The van der Waals surface area contributed by atoms with Crippen LogP contribution in [-0.2, 0) is 19.3 Å². The van der Waals surface area contributed by atoms with E-state index in [1.165, 1.54) is 5.06 Å². The van der Waals surface area contributed by atoms with E-state index >= 15 is 0 Å². The molecule has 0 aliphatic carbocycles. The molecule has 1 unspecified atom stereocenters. The Morgan fingerprint density at radius 1 is 1.20 bits per heavy atom. The number of carbonyl (C=O) groups is 3. The predicted molar refractivity (Wildman–Crippen MR) is 118 cm³/mol. The van der Waals surface area contributed by atoms with Crippen molar-refractivity contribution in [1.29, 1.82) is 0 Å². The van der Waals surface area contributed by atoms with Gasteiger partial charge < -0.3 is 25.3 Å². The van der Waals surface area contributed by atoms with Crippen LogP contribution >= 0.6 is 0 Å². The first-order valence-corrected chi connectivity index (χ1v) is 9.95. The van der Waals surface area contributed by atoms with E-state index in [1.54, 1.807) is 20.2 Å². The molecule has 1 amide bonds. The lowest BCUT2D eigenvalue weighted by atomic mass is 10.1. The number of rotatable bonds is 17. The number of unbranched alkanes of at least 4 members (excludes halogenated alkanes) is 3. The van der Waals surface area contributed by atoms with Crippen LogP contribution in [0.25, 0.3) is 0 Å². The van der Waals surface area contributed by atoms with Crippen molar-refractivity contribution < 1.29 is 24.4 Å². The molecule has 0 aliphatic rings. The van der Waals surface area contributed by atoms with E-state index in [4.69, 9.17) is 10.0 Å². The van der Waals surface area contributed by atoms with Crippen molar-refractivity contribution >= 4 is 18.5 Å². The molecule has 9 heteroatoms. The number of allylic oxidation sites excluding steroid dienone is 4. The van der Waals surface area contributed by atoms with Gasteiger partial charge in [-0.3, -0.25) is 4.79 Å². The largest absolute Gasteiger partial charge is 0.400 e. The zero-order valence-electron chi connectivity index (χ0n) is 18.6. The van der Waals surface area contributed by atoms with Crippen molar-refractivity contribution in [2.75, 3.05) is 27.7 Å². The van der Waals surface area contributed by atoms with Crippen LogP contribution in [0.15, 0.2) is 36.2 Å². The van der Waals surface area contributed by atoms with Crippen molar-refractivity contribution in [3.63, 3.8) is 0 Å². The Kier molecular flexibility index (Phi) is 21.0. The second kappa shape index (κ2) is 21.2. The van der Waals surface area contributed by atoms with E-state index < -0.39 is 6.04 Å². The number of aldehydes is 2. The van der Waals surface area contributed by atoms with Gasteiger partial charge in [0.05, 0.1) is 5.70 Å². The summed E-state index contributed by atoms with van der Waals surface area (Å²) in [6.07, 6.45) is 11.2. The van der Waals surface area contributed by atoms with Crippen LogP contribution in [0, 0.1) is 0 Å². The van der Waals surface area contributed by atoms with Crippen LogP contribution in [-0.4, -0.2) is 62.4 Å². The molecule has 0 saturated heterocycles. The zero-order chi connectivity index (χ0) is 23.2. The fourth-order valence-corrected chi connectivity index (χ4v) is 2.33. The normalized spacial score (nSPS) is 11.8. The van der Waals surface area contributed by atoms with Gasteiger partial charge in [0, 0.05) is 46.3 Å². The summed E-state index contributed by atoms with van der Waals surface area (Å²) in [5.74, 6) is -0.145. The van der Waals surface area contributed by atoms with Crippen LogP contribution < -0.4 is 16.1 Å². The summed E-state index contributed by atoms with van der Waals surface area (Å²) in [5.41, 5.74) is 4.00. The number of aliphatic hydroxyl groups excluding tert-OH is 1. The van der Waals surface area contributed by atoms with Crippen molar-refractivity contribution in [2.24, 2.45) is 0 Å². The molecule has 0 rings (SSSR count). The topological polar surface area (TPSA) is 120 Å². The van der Waals surface area contributed by atoms with E-state index in [1.807, 2.05) is 19.1 Å². The van der Waals surface area contributed by atoms with Gasteiger partial charge in [-0.1, -0.05) is 19.1 Å². The molecule has 0 radical (unpaired) electrons. The number of hydroxylamine groups is 3. The van der Waals surface area contributed by atoms with Crippen molar-refractivity contribution in [3.8, 4) is 0 Å². The van der Waals surface area contributed by atoms with Gasteiger partial charge in [0.25, 0.3) is 0 Å². The van der Waals surface area contributed by atoms with E-state index in [0.29, 0.717) is 18.5 Å². The third kappa shape index (κ3) is 15.4. The highest BCUT2D eigenvalue weighted by atomic mass is 16.8. The molecule has 0 fully saturated rings. The Balaban J connectivity index is 0. The van der Waals surface area contributed by atoms with Gasteiger partial charge >= 0.3 is 0 Å². The Hall–Kier alpha value is -2.49. The number of hydrogen-bond acceptors (Lipinski definition) is 8. The number of nitrogens with zero attached hydrogens (tertiary/aromatic N) is 1. The van der Waals surface area contributed by atoms with Crippen LogP contribution in [0.3, 0.4) is 0 Å². The fourth-order valence-electron chi connectivity index (χ4n) is 2.33. The summed E-state index contributed by atoms with van der Waals surface area (Å²) in [7, 11) is 4.13. The monoisotopic (exact) mass is 426 g/mol. The maximum absolute atomic E-state index is 11.4. The highest BCUT2D eigenvalue weighted by Gasteiger charge is 2.20. The van der Waals surface area contributed by atoms with E-state index in [2.05, 4.69) is 22.7 Å². The Bertz CT molecular complexity index is 550. The summed E-state index contributed by atoms with van der Waals surface area (Å²) in [6.45, 7) is 6.73. The predicted octanol–water partition coefficient (Wildman–Crippen LogP) is 1.38. The minimum absolute atomic E-state index is 0.145. The van der Waals surface area contributed by atoms with Gasteiger partial charge in [0.1, 0.15) is 18.6 Å². The molecule has 0 aromatic rings. The SMILES string of the molecule is C=C(/C=C\C=C(/C)NCCCCCC=O)N(ONC)C(C=O)CCC(=O)NC.CO. The van der Waals surface area contributed by atoms with E-state index in [-0.39, 0.29) is 12.3 Å². The van der Waals surface area contributed by atoms with Gasteiger partial charge in [-0.25, -0.2) is 5.06 Å². The Morgan fingerprint density at radius 2 is 1.90 bits per heavy atom. The second-order valence-electron chi connectivity index (χ2n) is 6.18. The molecule has 0 spiro atoms. The van der Waals surface area contributed by atoms with E-state index in [9.17, 15) is 14.4 Å². The number of hydrogen-bond donors (Lipinski definition) is 4. The minimum atomic E-state index is -0.642. The van der Waals surface area contributed by atoms with Crippen molar-refractivity contribution in [3.05, 3.63) is 36.2 Å². The second-order valence-corrected chi connectivity index (χ2v) is 6.18. The molecule has 30 heavy (non-hydrogen) atoms. The standard InChI is InChI=1S/C20H34N4O4.CH4O/c1-17(23-14-7-5-6-8-15-25)10-9-11-18(2)24(28-22-4)19(16-26)12-13-20(27)21-3;1-2/h9-11,15-16,19,22-23H,2,5-8,12-14H2,1,3-4H3,(H,21,27);2H,1H3/b11-9-,17-10+;. The van der Waals surface area contributed by atoms with Crippen LogP contribution in [0.4, 0.5) is 0 Å². The molecule has 0 saturated carbocycles. The van der Waals surface area contributed by atoms with Crippen LogP contribution in [0.1, 0.15) is 45.4 Å². The third-order valence-electron chi connectivity index (χ3n) is 3.91. The lowest BCUT2D eigenvalue weighted by Crippen LogP contribution is -2.39. The number of nitrogens with one attached hydrogen (secondary N) is 3. The molecule has 1 atom stereocenters. The summed E-state index contributed by atoms with van der Waals surface area (Å²) < 4.78 is 0. The Morgan fingerprint density at radius 3 is 2.47 bits per heavy atom. The summed E-state index contributed by atoms with van der Waals surface area (Å²) in [4.78, 5) is 38.4. The molecular weight excluding hydrogens is 388 g/mol. The van der Waals surface area contributed by atoms with E-state index in [0.717, 1.165) is 51.2 Å². The molecule has 0 aliphatic heterocycles. The number of aliphatic hydroxyl groups is 1. The van der Waals surface area contributed by atoms with Crippen molar-refractivity contribution in [1.82, 2.24) is 21.2 Å². The molecule has 0 aromatic heterocycles. The summed E-state index contributed by atoms with van der Waals surface area (Å²) in [5, 5.41) is 14.2. The molecule has 0 heterocycles. The molecule has 0 aromatic carbocycles. The number of carbonyl (C=O) groups excluding carboxylic acids is 3. The minimum Gasteiger partial charge on any atom is -0.400 e. The zero-order valence-corrected chi connectivity index (χ0v) is 18.6. The lowest BCUT2D eigenvalue weighted by molar-refractivity contribution is -0.198.